The molecule has 0 radical (unpaired) electrons. The molecule has 1 fully saturated rings. The van der Waals surface area contributed by atoms with Gasteiger partial charge in [-0.3, -0.25) is 0 Å². The summed E-state index contributed by atoms with van der Waals surface area (Å²) in [6, 6.07) is 6.57. The van der Waals surface area contributed by atoms with Crippen molar-refractivity contribution in [3.8, 4) is 5.75 Å². The van der Waals surface area contributed by atoms with Crippen molar-refractivity contribution in [2.24, 2.45) is 0 Å². The molecule has 1 heterocycles. The van der Waals surface area contributed by atoms with Gasteiger partial charge in [0.1, 0.15) is 5.75 Å². The first kappa shape index (κ1) is 14.3. The first-order chi connectivity index (χ1) is 9.05. The highest BCUT2D eigenvalue weighted by Gasteiger charge is 2.20. The van der Waals surface area contributed by atoms with Crippen molar-refractivity contribution in [2.75, 3.05) is 12.3 Å². The molecule has 1 atom stereocenters. The highest BCUT2D eigenvalue weighted by atomic mass is 32.2. The standard InChI is InChI=1S/C13H20N2O3S/c16-13-6-4-11(5-7-13)9-15-19(17,18)10-12-3-1-2-8-14-12/h4-7,12,14-16H,1-3,8-10H2. The number of hydrogen-bond donors (Lipinski definition) is 3. The fourth-order valence-electron chi connectivity index (χ4n) is 2.20. The maximum atomic E-state index is 11.9. The second kappa shape index (κ2) is 6.36. The van der Waals surface area contributed by atoms with Gasteiger partial charge in [-0.15, -0.1) is 0 Å². The number of piperidine rings is 1. The van der Waals surface area contributed by atoms with Crippen molar-refractivity contribution in [3.63, 3.8) is 0 Å². The topological polar surface area (TPSA) is 78.4 Å². The summed E-state index contributed by atoms with van der Waals surface area (Å²) < 4.78 is 26.5. The number of benzene rings is 1. The van der Waals surface area contributed by atoms with Gasteiger partial charge in [0, 0.05) is 12.6 Å². The number of nitrogens with one attached hydrogen (secondary N) is 2. The molecule has 1 aromatic rings. The van der Waals surface area contributed by atoms with Crippen molar-refractivity contribution in [1.82, 2.24) is 10.0 Å². The molecule has 1 aliphatic rings. The molecule has 19 heavy (non-hydrogen) atoms. The lowest BCUT2D eigenvalue weighted by molar-refractivity contribution is 0.422. The zero-order valence-electron chi connectivity index (χ0n) is 10.8. The molecule has 6 heteroatoms. The van der Waals surface area contributed by atoms with Crippen molar-refractivity contribution in [3.05, 3.63) is 29.8 Å². The Morgan fingerprint density at radius 1 is 1.26 bits per heavy atom. The Labute approximate surface area is 114 Å². The second-order valence-corrected chi connectivity index (χ2v) is 6.77. The first-order valence-electron chi connectivity index (χ1n) is 6.54. The van der Waals surface area contributed by atoms with E-state index in [1.165, 1.54) is 0 Å². The molecule has 5 nitrogen and oxygen atoms in total. The molecular formula is C13H20N2O3S. The van der Waals surface area contributed by atoms with Crippen molar-refractivity contribution in [2.45, 2.75) is 31.8 Å². The molecule has 106 valence electrons. The fraction of sp³-hybridized carbons (Fsp3) is 0.538. The van der Waals surface area contributed by atoms with E-state index in [2.05, 4.69) is 10.0 Å². The Morgan fingerprint density at radius 3 is 2.63 bits per heavy atom. The Balaban J connectivity index is 1.84. The second-order valence-electron chi connectivity index (χ2n) is 4.92. The number of phenols is 1. The summed E-state index contributed by atoms with van der Waals surface area (Å²) in [7, 11) is -3.26. The van der Waals surface area contributed by atoms with Crippen molar-refractivity contribution >= 4 is 10.0 Å². The number of rotatable bonds is 5. The van der Waals surface area contributed by atoms with Gasteiger partial charge in [-0.2, -0.15) is 0 Å². The Bertz CT molecular complexity index is 493. The Hall–Kier alpha value is -1.11. The summed E-state index contributed by atoms with van der Waals surface area (Å²) >= 11 is 0. The maximum Gasteiger partial charge on any atom is 0.213 e. The van der Waals surface area contributed by atoms with Gasteiger partial charge >= 0.3 is 0 Å². The summed E-state index contributed by atoms with van der Waals surface area (Å²) in [6.07, 6.45) is 3.13. The largest absolute Gasteiger partial charge is 0.508 e. The SMILES string of the molecule is O=S(=O)(CC1CCCCN1)NCc1ccc(O)cc1. The molecule has 1 aromatic carbocycles. The van der Waals surface area contributed by atoms with E-state index in [0.29, 0.717) is 0 Å². The monoisotopic (exact) mass is 284 g/mol. The maximum absolute atomic E-state index is 11.9. The predicted molar refractivity (Wildman–Crippen MR) is 74.4 cm³/mol. The van der Waals surface area contributed by atoms with Gasteiger partial charge in [-0.25, -0.2) is 13.1 Å². The highest BCUT2D eigenvalue weighted by Crippen LogP contribution is 2.11. The lowest BCUT2D eigenvalue weighted by Gasteiger charge is -2.23. The number of sulfonamides is 1. The van der Waals surface area contributed by atoms with Gasteiger partial charge in [-0.1, -0.05) is 18.6 Å². The summed E-state index contributed by atoms with van der Waals surface area (Å²) in [5.41, 5.74) is 0.831. The van der Waals surface area contributed by atoms with Crippen molar-refractivity contribution in [1.29, 1.82) is 0 Å². The smallest absolute Gasteiger partial charge is 0.213 e. The van der Waals surface area contributed by atoms with Crippen LogP contribution in [0.15, 0.2) is 24.3 Å². The Morgan fingerprint density at radius 2 is 2.00 bits per heavy atom. The molecule has 0 spiro atoms. The summed E-state index contributed by atoms with van der Waals surface area (Å²) in [5.74, 6) is 0.309. The number of hydrogen-bond acceptors (Lipinski definition) is 4. The summed E-state index contributed by atoms with van der Waals surface area (Å²) in [4.78, 5) is 0. The van der Waals surface area contributed by atoms with Crippen LogP contribution < -0.4 is 10.0 Å². The minimum atomic E-state index is -3.26. The third kappa shape index (κ3) is 4.81. The molecule has 1 unspecified atom stereocenters. The van der Waals surface area contributed by atoms with E-state index in [-0.39, 0.29) is 24.1 Å². The van der Waals surface area contributed by atoms with Gasteiger partial charge in [0.25, 0.3) is 0 Å². The third-order valence-corrected chi connectivity index (χ3v) is 4.69. The lowest BCUT2D eigenvalue weighted by atomic mass is 10.1. The van der Waals surface area contributed by atoms with Crippen molar-refractivity contribution < 1.29 is 13.5 Å². The van der Waals surface area contributed by atoms with Gasteiger partial charge in [0.15, 0.2) is 0 Å². The first-order valence-corrected chi connectivity index (χ1v) is 8.19. The minimum Gasteiger partial charge on any atom is -0.508 e. The summed E-state index contributed by atoms with van der Waals surface area (Å²) in [5, 5.41) is 12.4. The molecule has 0 amide bonds. The zero-order chi connectivity index (χ0) is 13.7. The molecule has 0 bridgehead atoms. The highest BCUT2D eigenvalue weighted by molar-refractivity contribution is 7.89. The van der Waals surface area contributed by atoms with Gasteiger partial charge in [0.2, 0.25) is 10.0 Å². The van der Waals surface area contributed by atoms with Crippen LogP contribution in [0.1, 0.15) is 24.8 Å². The average molecular weight is 284 g/mol. The Kier molecular flexibility index (Phi) is 4.79. The lowest BCUT2D eigenvalue weighted by Crippen LogP contribution is -2.42. The van der Waals surface area contributed by atoms with Crippen LogP contribution in [0.2, 0.25) is 0 Å². The van der Waals surface area contributed by atoms with Gasteiger partial charge in [0.05, 0.1) is 5.75 Å². The van der Waals surface area contributed by atoms with Crippen LogP contribution in [0.4, 0.5) is 0 Å². The molecule has 3 N–H and O–H groups in total. The van der Waals surface area contributed by atoms with E-state index in [9.17, 15) is 8.42 Å². The van der Waals surface area contributed by atoms with Crippen LogP contribution in [-0.2, 0) is 16.6 Å². The van der Waals surface area contributed by atoms with E-state index < -0.39 is 10.0 Å². The summed E-state index contributed by atoms with van der Waals surface area (Å²) in [6.45, 7) is 1.16. The molecule has 0 aliphatic carbocycles. The van der Waals surface area contributed by atoms with E-state index in [1.54, 1.807) is 24.3 Å². The van der Waals surface area contributed by atoms with Crippen LogP contribution in [-0.4, -0.2) is 31.9 Å². The predicted octanol–water partition coefficient (Wildman–Crippen LogP) is 0.954. The van der Waals surface area contributed by atoms with E-state index in [4.69, 9.17) is 5.11 Å². The van der Waals surface area contributed by atoms with Crippen LogP contribution in [0.5, 0.6) is 5.75 Å². The van der Waals surface area contributed by atoms with Crippen LogP contribution in [0.25, 0.3) is 0 Å². The molecule has 0 aromatic heterocycles. The fourth-order valence-corrected chi connectivity index (χ4v) is 3.52. The average Bonchev–Trinajstić information content (AvgIpc) is 2.39. The van der Waals surface area contributed by atoms with E-state index in [1.807, 2.05) is 0 Å². The molecule has 1 aliphatic heterocycles. The van der Waals surface area contributed by atoms with E-state index in [0.717, 1.165) is 31.4 Å². The van der Waals surface area contributed by atoms with Gasteiger partial charge in [-0.05, 0) is 37.1 Å². The minimum absolute atomic E-state index is 0.0612. The third-order valence-electron chi connectivity index (χ3n) is 3.27. The number of aromatic hydroxyl groups is 1. The molecule has 1 saturated heterocycles. The quantitative estimate of drug-likeness (QED) is 0.752. The van der Waals surface area contributed by atoms with Crippen LogP contribution in [0.3, 0.4) is 0 Å². The number of phenolic OH excluding ortho intramolecular Hbond substituents is 1. The molecule has 2 rings (SSSR count). The zero-order valence-corrected chi connectivity index (χ0v) is 11.6. The molecule has 0 saturated carbocycles. The van der Waals surface area contributed by atoms with Crippen LogP contribution >= 0.6 is 0 Å². The molecular weight excluding hydrogens is 264 g/mol. The van der Waals surface area contributed by atoms with E-state index >= 15 is 0 Å². The van der Waals surface area contributed by atoms with Gasteiger partial charge < -0.3 is 10.4 Å². The normalized spacial score (nSPS) is 20.3. The van der Waals surface area contributed by atoms with Crippen LogP contribution in [0, 0.1) is 0 Å².